The van der Waals surface area contributed by atoms with Crippen LogP contribution < -0.4 is 5.32 Å². The molecule has 5 nitrogen and oxygen atoms in total. The number of nitrogens with zero attached hydrogens (tertiary/aromatic N) is 1. The molecule has 0 unspecified atom stereocenters. The van der Waals surface area contributed by atoms with E-state index in [0.29, 0.717) is 13.1 Å². The minimum atomic E-state index is -2.90. The molecule has 0 atom stereocenters. The average Bonchev–Trinajstić information content (AvgIpc) is 2.70. The lowest BCUT2D eigenvalue weighted by Gasteiger charge is -2.13. The van der Waals surface area contributed by atoms with E-state index in [2.05, 4.69) is 5.32 Å². The largest absolute Gasteiger partial charge is 0.463 e. The maximum atomic E-state index is 11.1. The molecule has 1 aromatic heterocycles. The van der Waals surface area contributed by atoms with Crippen LogP contribution in [0.15, 0.2) is 16.5 Å². The lowest BCUT2D eigenvalue weighted by atomic mass is 10.4. The van der Waals surface area contributed by atoms with Gasteiger partial charge in [0.15, 0.2) is 0 Å². The highest BCUT2D eigenvalue weighted by Gasteiger charge is 2.08. The van der Waals surface area contributed by atoms with Crippen LogP contribution in [0.1, 0.15) is 18.4 Å². The Kier molecular flexibility index (Phi) is 5.84. The van der Waals surface area contributed by atoms with E-state index in [1.54, 1.807) is 0 Å². The number of furan rings is 1. The van der Waals surface area contributed by atoms with Crippen LogP contribution >= 0.6 is 0 Å². The van der Waals surface area contributed by atoms with Crippen molar-refractivity contribution in [2.45, 2.75) is 20.0 Å². The third-order valence-corrected chi connectivity index (χ3v) is 3.46. The van der Waals surface area contributed by atoms with Crippen molar-refractivity contribution in [2.75, 3.05) is 32.1 Å². The molecular formula is C12H22N2O3S. The van der Waals surface area contributed by atoms with Gasteiger partial charge in [-0.2, -0.15) is 0 Å². The Morgan fingerprint density at radius 2 is 2.00 bits per heavy atom. The van der Waals surface area contributed by atoms with Gasteiger partial charge in [-0.3, -0.25) is 4.90 Å². The zero-order chi connectivity index (χ0) is 13.6. The molecule has 1 heterocycles. The summed E-state index contributed by atoms with van der Waals surface area (Å²) in [6.07, 6.45) is 1.25. The minimum absolute atomic E-state index is 0.175. The van der Waals surface area contributed by atoms with Crippen molar-refractivity contribution >= 4 is 9.84 Å². The van der Waals surface area contributed by atoms with E-state index in [-0.39, 0.29) is 5.75 Å². The molecule has 0 aromatic carbocycles. The van der Waals surface area contributed by atoms with Crippen LogP contribution in [0.25, 0.3) is 0 Å². The number of nitrogens with one attached hydrogen (secondary N) is 1. The summed E-state index contributed by atoms with van der Waals surface area (Å²) >= 11 is 0. The van der Waals surface area contributed by atoms with Crippen molar-refractivity contribution in [3.8, 4) is 0 Å². The molecule has 0 fully saturated rings. The molecule has 0 aliphatic carbocycles. The van der Waals surface area contributed by atoms with Gasteiger partial charge in [0.2, 0.25) is 0 Å². The van der Waals surface area contributed by atoms with Crippen LogP contribution in [0, 0.1) is 0 Å². The number of hydrogen-bond acceptors (Lipinski definition) is 5. The van der Waals surface area contributed by atoms with Crippen LogP contribution in [0.2, 0.25) is 0 Å². The quantitative estimate of drug-likeness (QED) is 0.762. The molecule has 0 aliphatic heterocycles. The highest BCUT2D eigenvalue weighted by molar-refractivity contribution is 7.90. The Morgan fingerprint density at radius 1 is 1.33 bits per heavy atom. The highest BCUT2D eigenvalue weighted by atomic mass is 32.2. The second-order valence-corrected chi connectivity index (χ2v) is 6.78. The summed E-state index contributed by atoms with van der Waals surface area (Å²) in [4.78, 5) is 1.94. The van der Waals surface area contributed by atoms with Crippen molar-refractivity contribution in [3.05, 3.63) is 23.7 Å². The molecule has 6 heteroatoms. The van der Waals surface area contributed by atoms with Crippen LogP contribution in [0.3, 0.4) is 0 Å². The van der Waals surface area contributed by atoms with Crippen molar-refractivity contribution in [2.24, 2.45) is 0 Å². The average molecular weight is 274 g/mol. The number of hydrogen-bond donors (Lipinski definition) is 1. The first kappa shape index (κ1) is 15.2. The van der Waals surface area contributed by atoms with E-state index in [9.17, 15) is 8.42 Å². The van der Waals surface area contributed by atoms with Crippen LogP contribution in [-0.4, -0.2) is 45.5 Å². The van der Waals surface area contributed by atoms with Gasteiger partial charge in [-0.05, 0) is 25.7 Å². The molecule has 0 spiro atoms. The van der Waals surface area contributed by atoms with Crippen LogP contribution in [0.5, 0.6) is 0 Å². The Balaban J connectivity index is 2.39. The normalized spacial score (nSPS) is 12.2. The molecule has 0 saturated heterocycles. The van der Waals surface area contributed by atoms with Gasteiger partial charge in [0.1, 0.15) is 21.4 Å². The van der Waals surface area contributed by atoms with E-state index < -0.39 is 9.84 Å². The summed E-state index contributed by atoms with van der Waals surface area (Å²) in [6, 6.07) is 3.88. The van der Waals surface area contributed by atoms with Gasteiger partial charge < -0.3 is 9.73 Å². The first-order valence-corrected chi connectivity index (χ1v) is 8.11. The molecule has 18 heavy (non-hydrogen) atoms. The third kappa shape index (κ3) is 6.18. The molecule has 0 amide bonds. The lowest BCUT2D eigenvalue weighted by molar-refractivity contribution is 0.303. The first-order chi connectivity index (χ1) is 8.40. The smallest absolute Gasteiger partial charge is 0.148 e. The van der Waals surface area contributed by atoms with E-state index in [1.165, 1.54) is 6.26 Å². The van der Waals surface area contributed by atoms with Crippen molar-refractivity contribution in [3.63, 3.8) is 0 Å². The summed E-state index contributed by atoms with van der Waals surface area (Å²) in [5.41, 5.74) is 0. The molecular weight excluding hydrogens is 252 g/mol. The number of sulfone groups is 1. The molecule has 0 bridgehead atoms. The van der Waals surface area contributed by atoms with E-state index >= 15 is 0 Å². The third-order valence-electron chi connectivity index (χ3n) is 2.54. The van der Waals surface area contributed by atoms with Gasteiger partial charge in [-0.25, -0.2) is 8.42 Å². The van der Waals surface area contributed by atoms with Gasteiger partial charge >= 0.3 is 0 Å². The van der Waals surface area contributed by atoms with E-state index in [4.69, 9.17) is 4.42 Å². The van der Waals surface area contributed by atoms with Crippen LogP contribution in [-0.2, 0) is 22.9 Å². The Morgan fingerprint density at radius 3 is 2.61 bits per heavy atom. The van der Waals surface area contributed by atoms with Gasteiger partial charge in [0.25, 0.3) is 0 Å². The zero-order valence-electron chi connectivity index (χ0n) is 11.3. The minimum Gasteiger partial charge on any atom is -0.463 e. The van der Waals surface area contributed by atoms with Crippen molar-refractivity contribution in [1.82, 2.24) is 10.2 Å². The Bertz CT molecular complexity index is 454. The van der Waals surface area contributed by atoms with Crippen molar-refractivity contribution < 1.29 is 12.8 Å². The second-order valence-electron chi connectivity index (χ2n) is 4.52. The summed E-state index contributed by atoms with van der Waals surface area (Å²) in [7, 11) is -1.01. The fraction of sp³-hybridized carbons (Fsp3) is 0.667. The molecule has 1 N–H and O–H groups in total. The maximum Gasteiger partial charge on any atom is 0.148 e. The zero-order valence-corrected chi connectivity index (χ0v) is 12.1. The van der Waals surface area contributed by atoms with Gasteiger partial charge in [0.05, 0.1) is 18.8 Å². The van der Waals surface area contributed by atoms with Crippen molar-refractivity contribution in [1.29, 1.82) is 0 Å². The summed E-state index contributed by atoms with van der Waals surface area (Å²) in [5.74, 6) is 1.94. The predicted octanol–water partition coefficient (Wildman–Crippen LogP) is 0.866. The summed E-state index contributed by atoms with van der Waals surface area (Å²) < 4.78 is 27.7. The fourth-order valence-electron chi connectivity index (χ4n) is 1.52. The number of rotatable bonds is 8. The molecule has 0 aliphatic rings. The Labute approximate surface area is 109 Å². The molecule has 0 radical (unpaired) electrons. The fourth-order valence-corrected chi connectivity index (χ4v) is 2.16. The van der Waals surface area contributed by atoms with E-state index in [0.717, 1.165) is 24.6 Å². The first-order valence-electron chi connectivity index (χ1n) is 6.05. The topological polar surface area (TPSA) is 62.6 Å². The maximum absolute atomic E-state index is 11.1. The Hall–Kier alpha value is -0.850. The lowest BCUT2D eigenvalue weighted by Crippen LogP contribution is -2.24. The SMILES string of the molecule is CCNCc1ccc(CN(C)CCS(C)(=O)=O)o1. The monoisotopic (exact) mass is 274 g/mol. The predicted molar refractivity (Wildman–Crippen MR) is 72.1 cm³/mol. The van der Waals surface area contributed by atoms with Gasteiger partial charge in [0, 0.05) is 12.8 Å². The standard InChI is InChI=1S/C12H22N2O3S/c1-4-13-9-11-5-6-12(17-11)10-14(2)7-8-18(3,15)16/h5-6,13H,4,7-10H2,1-3H3. The molecule has 1 aromatic rings. The van der Waals surface area contributed by atoms with Gasteiger partial charge in [-0.1, -0.05) is 6.92 Å². The molecule has 0 saturated carbocycles. The highest BCUT2D eigenvalue weighted by Crippen LogP contribution is 2.09. The second kappa shape index (κ2) is 6.92. The summed E-state index contributed by atoms with van der Waals surface area (Å²) in [6.45, 7) is 4.82. The van der Waals surface area contributed by atoms with Crippen LogP contribution in [0.4, 0.5) is 0 Å². The molecule has 1 rings (SSSR count). The molecule has 104 valence electrons. The van der Waals surface area contributed by atoms with Gasteiger partial charge in [-0.15, -0.1) is 0 Å². The van der Waals surface area contributed by atoms with E-state index in [1.807, 2.05) is 31.0 Å². The summed E-state index contributed by atoms with van der Waals surface area (Å²) in [5, 5.41) is 3.19.